The van der Waals surface area contributed by atoms with Crippen molar-refractivity contribution in [1.29, 1.82) is 0 Å². The van der Waals surface area contributed by atoms with Crippen LogP contribution in [0.2, 0.25) is 0 Å². The highest BCUT2D eigenvalue weighted by molar-refractivity contribution is 4.97. The van der Waals surface area contributed by atoms with Crippen LogP contribution in [-0.2, 0) is 23.7 Å². The lowest BCUT2D eigenvalue weighted by Gasteiger charge is -2.28. The second kappa shape index (κ2) is 4.38. The molecule has 0 aromatic carbocycles. The Labute approximate surface area is 112 Å². The van der Waals surface area contributed by atoms with Gasteiger partial charge in [-0.2, -0.15) is 0 Å². The first-order valence-electron chi connectivity index (χ1n) is 6.75. The Kier molecular flexibility index (Phi) is 3.16. The van der Waals surface area contributed by atoms with Gasteiger partial charge in [0.15, 0.2) is 17.9 Å². The van der Waals surface area contributed by atoms with E-state index in [0.717, 1.165) is 0 Å². The summed E-state index contributed by atoms with van der Waals surface area (Å²) in [6.45, 7) is 7.86. The van der Waals surface area contributed by atoms with Crippen molar-refractivity contribution in [3.8, 4) is 0 Å². The fourth-order valence-corrected chi connectivity index (χ4v) is 3.04. The van der Waals surface area contributed by atoms with Crippen molar-refractivity contribution in [2.24, 2.45) is 5.92 Å². The van der Waals surface area contributed by atoms with E-state index in [1.165, 1.54) is 0 Å². The van der Waals surface area contributed by atoms with E-state index in [-0.39, 0.29) is 30.8 Å². The highest BCUT2D eigenvalue weighted by Crippen LogP contribution is 2.43. The van der Waals surface area contributed by atoms with Crippen LogP contribution in [0.4, 0.5) is 0 Å². The molecule has 0 amide bonds. The van der Waals surface area contributed by atoms with Crippen LogP contribution in [0.3, 0.4) is 0 Å². The van der Waals surface area contributed by atoms with Crippen molar-refractivity contribution in [2.45, 2.75) is 63.9 Å². The summed E-state index contributed by atoms with van der Waals surface area (Å²) in [5.41, 5.74) is 0. The van der Waals surface area contributed by atoms with E-state index >= 15 is 0 Å². The molecule has 5 atom stereocenters. The monoisotopic (exact) mass is 274 g/mol. The van der Waals surface area contributed by atoms with E-state index in [1.807, 2.05) is 27.7 Å². The van der Waals surface area contributed by atoms with E-state index < -0.39 is 17.9 Å². The van der Waals surface area contributed by atoms with Crippen LogP contribution < -0.4 is 0 Å². The third-order valence-corrected chi connectivity index (χ3v) is 3.83. The molecule has 3 fully saturated rings. The molecule has 0 aromatic heterocycles. The van der Waals surface area contributed by atoms with Crippen LogP contribution >= 0.6 is 0 Å². The fourth-order valence-electron chi connectivity index (χ4n) is 3.04. The Bertz CT molecular complexity index is 355. The normalized spacial score (nSPS) is 47.5. The molecule has 6 nitrogen and oxygen atoms in total. The van der Waals surface area contributed by atoms with Crippen molar-refractivity contribution < 1.29 is 28.8 Å². The Morgan fingerprint density at radius 3 is 2.32 bits per heavy atom. The Morgan fingerprint density at radius 1 is 1.00 bits per heavy atom. The lowest BCUT2D eigenvalue weighted by Crippen LogP contribution is -2.40. The van der Waals surface area contributed by atoms with Gasteiger partial charge >= 0.3 is 0 Å². The Hall–Kier alpha value is -0.240. The standard InChI is InChI=1S/C13H22O6/c1-12(2)15-6-8(17-12)9-7(5-14)10-11(16-9)19-13(3,4)18-10/h7-11,14H,5-6H2,1-4H3/t7-,8?,9+,10?,11-/m1/s1. The van der Waals surface area contributed by atoms with Gasteiger partial charge in [-0.05, 0) is 27.7 Å². The number of ether oxygens (including phenoxy) is 5. The minimum atomic E-state index is -0.667. The molecular formula is C13H22O6. The van der Waals surface area contributed by atoms with Gasteiger partial charge in [-0.25, -0.2) is 0 Å². The first-order chi connectivity index (χ1) is 8.81. The minimum Gasteiger partial charge on any atom is -0.396 e. The molecule has 3 heterocycles. The molecule has 3 saturated heterocycles. The lowest BCUT2D eigenvalue weighted by atomic mass is 9.96. The fraction of sp³-hybridized carbons (Fsp3) is 1.00. The van der Waals surface area contributed by atoms with E-state index in [9.17, 15) is 5.11 Å². The Morgan fingerprint density at radius 2 is 1.74 bits per heavy atom. The summed E-state index contributed by atoms with van der Waals surface area (Å²) in [6.07, 6.45) is -1.16. The van der Waals surface area contributed by atoms with E-state index in [0.29, 0.717) is 6.61 Å². The molecular weight excluding hydrogens is 252 g/mol. The molecule has 6 heteroatoms. The summed E-state index contributed by atoms with van der Waals surface area (Å²) in [6, 6.07) is 0. The summed E-state index contributed by atoms with van der Waals surface area (Å²) in [5, 5.41) is 9.63. The predicted molar refractivity (Wildman–Crippen MR) is 64.2 cm³/mol. The molecule has 19 heavy (non-hydrogen) atoms. The van der Waals surface area contributed by atoms with E-state index in [4.69, 9.17) is 23.7 Å². The van der Waals surface area contributed by atoms with Gasteiger partial charge in [-0.15, -0.1) is 0 Å². The van der Waals surface area contributed by atoms with Crippen LogP contribution in [0, 0.1) is 5.92 Å². The number of aliphatic hydroxyl groups is 1. The highest BCUT2D eigenvalue weighted by Gasteiger charge is 2.57. The number of hydrogen-bond acceptors (Lipinski definition) is 6. The number of hydrogen-bond donors (Lipinski definition) is 1. The van der Waals surface area contributed by atoms with Gasteiger partial charge in [-0.1, -0.05) is 0 Å². The summed E-state index contributed by atoms with van der Waals surface area (Å²) in [5.74, 6) is -1.43. The number of rotatable bonds is 2. The van der Waals surface area contributed by atoms with Gasteiger partial charge in [0.25, 0.3) is 0 Å². The number of fused-ring (bicyclic) bond motifs is 1. The maximum Gasteiger partial charge on any atom is 0.188 e. The molecule has 3 aliphatic rings. The van der Waals surface area contributed by atoms with Crippen LogP contribution in [0.1, 0.15) is 27.7 Å². The van der Waals surface area contributed by atoms with Crippen LogP contribution in [-0.4, -0.2) is 54.5 Å². The third-order valence-electron chi connectivity index (χ3n) is 3.83. The molecule has 0 aromatic rings. The van der Waals surface area contributed by atoms with Crippen LogP contribution in [0.25, 0.3) is 0 Å². The summed E-state index contributed by atoms with van der Waals surface area (Å²) < 4.78 is 28.8. The van der Waals surface area contributed by atoms with Gasteiger partial charge in [0.05, 0.1) is 19.3 Å². The maximum atomic E-state index is 9.63. The molecule has 1 N–H and O–H groups in total. The Balaban J connectivity index is 1.72. The van der Waals surface area contributed by atoms with Gasteiger partial charge < -0.3 is 28.8 Å². The van der Waals surface area contributed by atoms with Crippen molar-refractivity contribution in [3.63, 3.8) is 0 Å². The smallest absolute Gasteiger partial charge is 0.188 e. The summed E-state index contributed by atoms with van der Waals surface area (Å²) in [7, 11) is 0. The van der Waals surface area contributed by atoms with Crippen LogP contribution in [0.5, 0.6) is 0 Å². The SMILES string of the molecule is CC1(C)OCC([C@H]2O[C@@H]3OC(C)(C)OC3[C@@H]2CO)O1. The zero-order chi connectivity index (χ0) is 13.8. The average Bonchev–Trinajstić information content (AvgIpc) is 2.87. The van der Waals surface area contributed by atoms with Crippen molar-refractivity contribution in [1.82, 2.24) is 0 Å². The van der Waals surface area contributed by atoms with E-state index in [2.05, 4.69) is 0 Å². The van der Waals surface area contributed by atoms with Gasteiger partial charge in [0, 0.05) is 5.92 Å². The summed E-state index contributed by atoms with van der Waals surface area (Å²) in [4.78, 5) is 0. The van der Waals surface area contributed by atoms with Gasteiger partial charge in [-0.3, -0.25) is 0 Å². The van der Waals surface area contributed by atoms with Crippen molar-refractivity contribution in [2.75, 3.05) is 13.2 Å². The second-order valence-electron chi connectivity index (χ2n) is 6.28. The van der Waals surface area contributed by atoms with Crippen LogP contribution in [0.15, 0.2) is 0 Å². The quantitative estimate of drug-likeness (QED) is 0.796. The first-order valence-corrected chi connectivity index (χ1v) is 6.75. The topological polar surface area (TPSA) is 66.4 Å². The second-order valence-corrected chi connectivity index (χ2v) is 6.28. The molecule has 0 aliphatic carbocycles. The zero-order valence-electron chi connectivity index (χ0n) is 11.8. The molecule has 0 saturated carbocycles. The van der Waals surface area contributed by atoms with E-state index in [1.54, 1.807) is 0 Å². The molecule has 0 spiro atoms. The molecule has 0 radical (unpaired) electrons. The average molecular weight is 274 g/mol. The molecule has 110 valence electrons. The first kappa shape index (κ1) is 13.7. The minimum absolute atomic E-state index is 0.0223. The van der Waals surface area contributed by atoms with Gasteiger partial charge in [0.2, 0.25) is 0 Å². The highest BCUT2D eigenvalue weighted by atomic mass is 16.8. The van der Waals surface area contributed by atoms with Crippen molar-refractivity contribution in [3.05, 3.63) is 0 Å². The molecule has 3 aliphatic heterocycles. The number of aliphatic hydroxyl groups excluding tert-OH is 1. The zero-order valence-corrected chi connectivity index (χ0v) is 11.8. The van der Waals surface area contributed by atoms with Gasteiger partial charge in [0.1, 0.15) is 12.2 Å². The largest absolute Gasteiger partial charge is 0.396 e. The third kappa shape index (κ3) is 2.41. The lowest BCUT2D eigenvalue weighted by molar-refractivity contribution is -0.228. The van der Waals surface area contributed by atoms with Crippen molar-refractivity contribution >= 4 is 0 Å². The summed E-state index contributed by atoms with van der Waals surface area (Å²) >= 11 is 0. The molecule has 2 unspecified atom stereocenters. The molecule has 0 bridgehead atoms. The maximum absolute atomic E-state index is 9.63. The molecule has 3 rings (SSSR count). The predicted octanol–water partition coefficient (Wildman–Crippen LogP) is 0.623.